The van der Waals surface area contributed by atoms with Gasteiger partial charge in [-0.1, -0.05) is 31.6 Å². The van der Waals surface area contributed by atoms with Crippen molar-refractivity contribution in [3.63, 3.8) is 0 Å². The minimum absolute atomic E-state index is 0.176. The predicted octanol–water partition coefficient (Wildman–Crippen LogP) is 1.92. The van der Waals surface area contributed by atoms with Gasteiger partial charge in [0.1, 0.15) is 5.01 Å². The molecule has 52 valence electrons. The zero-order valence-electron chi connectivity index (χ0n) is 6.22. The van der Waals surface area contributed by atoms with Gasteiger partial charge >= 0.3 is 0 Å². The van der Waals surface area contributed by atoms with Crippen molar-refractivity contribution in [1.29, 1.82) is 0 Å². The SMILES string of the molecule is BC(=O)SSC(C)(C)C. The highest BCUT2D eigenvalue weighted by molar-refractivity contribution is 8.83. The van der Waals surface area contributed by atoms with Crippen LogP contribution in [0.5, 0.6) is 0 Å². The summed E-state index contributed by atoms with van der Waals surface area (Å²) in [5.41, 5.74) is 0. The second kappa shape index (κ2) is 3.57. The first kappa shape index (κ1) is 9.43. The van der Waals surface area contributed by atoms with E-state index < -0.39 is 0 Å². The summed E-state index contributed by atoms with van der Waals surface area (Å²) in [6, 6.07) is 0. The largest absolute Gasteiger partial charge is 0.299 e. The van der Waals surface area contributed by atoms with E-state index in [1.54, 1.807) is 18.6 Å². The van der Waals surface area contributed by atoms with Crippen LogP contribution in [0.4, 0.5) is 4.79 Å². The summed E-state index contributed by atoms with van der Waals surface area (Å²) in [6.45, 7) is 6.27. The number of hydrogen-bond donors (Lipinski definition) is 0. The molecule has 0 atom stereocenters. The quantitative estimate of drug-likeness (QED) is 0.433. The number of hydrogen-bond acceptors (Lipinski definition) is 3. The van der Waals surface area contributed by atoms with Gasteiger partial charge in [-0.25, -0.2) is 0 Å². The minimum atomic E-state index is 0.176. The van der Waals surface area contributed by atoms with Crippen molar-refractivity contribution in [1.82, 2.24) is 0 Å². The second-order valence-corrected chi connectivity index (χ2v) is 5.90. The molecule has 0 aliphatic carbocycles. The molecule has 0 rings (SSSR count). The molecule has 0 unspecified atom stereocenters. The van der Waals surface area contributed by atoms with E-state index in [4.69, 9.17) is 0 Å². The molecule has 4 heteroatoms. The van der Waals surface area contributed by atoms with Gasteiger partial charge in [-0.05, 0) is 10.8 Å². The molecule has 0 aromatic carbocycles. The third-order valence-electron chi connectivity index (χ3n) is 0.409. The lowest BCUT2D eigenvalue weighted by Crippen LogP contribution is -2.05. The first-order valence-corrected chi connectivity index (χ1v) is 4.93. The Kier molecular flexibility index (Phi) is 3.74. The molecule has 0 aromatic rings. The van der Waals surface area contributed by atoms with Gasteiger partial charge in [0.2, 0.25) is 7.85 Å². The van der Waals surface area contributed by atoms with Crippen molar-refractivity contribution < 1.29 is 4.79 Å². The smallest absolute Gasteiger partial charge is 0.202 e. The highest BCUT2D eigenvalue weighted by Crippen LogP contribution is 2.34. The highest BCUT2D eigenvalue weighted by Gasteiger charge is 2.11. The van der Waals surface area contributed by atoms with Crippen molar-refractivity contribution in [2.24, 2.45) is 0 Å². The van der Waals surface area contributed by atoms with E-state index in [9.17, 15) is 4.79 Å². The summed E-state index contributed by atoms with van der Waals surface area (Å²) < 4.78 is 0.191. The van der Waals surface area contributed by atoms with Gasteiger partial charge < -0.3 is 0 Å². The van der Waals surface area contributed by atoms with Crippen molar-refractivity contribution in [2.75, 3.05) is 0 Å². The van der Waals surface area contributed by atoms with E-state index in [0.717, 1.165) is 0 Å². The third-order valence-corrected chi connectivity index (χ3v) is 3.68. The van der Waals surface area contributed by atoms with E-state index in [0.29, 0.717) is 0 Å². The Balaban J connectivity index is 3.39. The average molecular weight is 162 g/mol. The summed E-state index contributed by atoms with van der Waals surface area (Å²) >= 11 is 0. The third kappa shape index (κ3) is 8.43. The van der Waals surface area contributed by atoms with Crippen molar-refractivity contribution in [3.8, 4) is 0 Å². The van der Waals surface area contributed by atoms with Crippen LogP contribution in [-0.2, 0) is 0 Å². The maximum atomic E-state index is 10.4. The van der Waals surface area contributed by atoms with E-state index in [1.165, 1.54) is 10.8 Å². The standard InChI is InChI=1S/C5H11BOS2/c1-5(2,3)9-8-4(6)7/h6H2,1-3H3. The van der Waals surface area contributed by atoms with Gasteiger partial charge in [-0.15, -0.1) is 0 Å². The van der Waals surface area contributed by atoms with E-state index in [1.807, 2.05) is 0 Å². The second-order valence-electron chi connectivity index (χ2n) is 2.77. The fourth-order valence-corrected chi connectivity index (χ4v) is 1.65. The number of rotatable bonds is 1. The highest BCUT2D eigenvalue weighted by atomic mass is 33.1. The minimum Gasteiger partial charge on any atom is -0.299 e. The normalized spacial score (nSPS) is 11.4. The Morgan fingerprint density at radius 2 is 1.89 bits per heavy atom. The van der Waals surface area contributed by atoms with Crippen LogP contribution in [0.25, 0.3) is 0 Å². The molecule has 0 bridgehead atoms. The zero-order valence-corrected chi connectivity index (χ0v) is 7.86. The fraction of sp³-hybridized carbons (Fsp3) is 0.800. The van der Waals surface area contributed by atoms with Crippen LogP contribution in [0.3, 0.4) is 0 Å². The molecule has 0 spiro atoms. The zero-order chi connectivity index (χ0) is 7.49. The van der Waals surface area contributed by atoms with Crippen LogP contribution < -0.4 is 0 Å². The summed E-state index contributed by atoms with van der Waals surface area (Å²) in [5, 5.41) is 0.176. The summed E-state index contributed by atoms with van der Waals surface area (Å²) in [6.07, 6.45) is 0. The van der Waals surface area contributed by atoms with Gasteiger partial charge in [-0.2, -0.15) is 0 Å². The van der Waals surface area contributed by atoms with Gasteiger partial charge in [0.15, 0.2) is 0 Å². The molecular formula is C5H11BOS2. The molecule has 0 aromatic heterocycles. The molecule has 0 fully saturated rings. The van der Waals surface area contributed by atoms with Crippen LogP contribution in [0.1, 0.15) is 20.8 Å². The van der Waals surface area contributed by atoms with Gasteiger partial charge in [-0.3, -0.25) is 4.79 Å². The fourth-order valence-electron chi connectivity index (χ4n) is 0.184. The van der Waals surface area contributed by atoms with Crippen molar-refractivity contribution >= 4 is 34.4 Å². The van der Waals surface area contributed by atoms with Crippen LogP contribution >= 0.6 is 21.6 Å². The maximum absolute atomic E-state index is 10.4. The first-order chi connectivity index (χ1) is 3.92. The molecular weight excluding hydrogens is 151 g/mol. The van der Waals surface area contributed by atoms with Crippen LogP contribution in [0.15, 0.2) is 0 Å². The lowest BCUT2D eigenvalue weighted by atomic mass is 10.2. The Hall–Kier alpha value is 0.435. The van der Waals surface area contributed by atoms with Crippen molar-refractivity contribution in [3.05, 3.63) is 0 Å². The van der Waals surface area contributed by atoms with Crippen LogP contribution in [-0.4, -0.2) is 17.6 Å². The number of carbonyl (C=O) groups is 1. The molecule has 0 saturated carbocycles. The maximum Gasteiger partial charge on any atom is 0.202 e. The first-order valence-electron chi connectivity index (χ1n) is 2.78. The molecule has 0 amide bonds. The molecule has 1 nitrogen and oxygen atoms in total. The summed E-state index contributed by atoms with van der Waals surface area (Å²) in [4.78, 5) is 10.4. The van der Waals surface area contributed by atoms with Crippen LogP contribution in [0, 0.1) is 0 Å². The Bertz CT molecular complexity index is 108. The molecule has 0 radical (unpaired) electrons. The average Bonchev–Trinajstić information content (AvgIpc) is 1.59. The summed E-state index contributed by atoms with van der Waals surface area (Å²) in [5.74, 6) is 0. The Labute approximate surface area is 65.2 Å². The molecule has 0 saturated heterocycles. The lowest BCUT2D eigenvalue weighted by Gasteiger charge is -2.14. The van der Waals surface area contributed by atoms with Crippen LogP contribution in [0.2, 0.25) is 0 Å². The van der Waals surface area contributed by atoms with Gasteiger partial charge in [0.05, 0.1) is 0 Å². The van der Waals surface area contributed by atoms with Crippen molar-refractivity contribution in [2.45, 2.75) is 25.5 Å². The monoisotopic (exact) mass is 162 g/mol. The predicted molar refractivity (Wildman–Crippen MR) is 48.9 cm³/mol. The van der Waals surface area contributed by atoms with E-state index >= 15 is 0 Å². The molecule has 0 aliphatic rings. The van der Waals surface area contributed by atoms with E-state index in [-0.39, 0.29) is 9.76 Å². The van der Waals surface area contributed by atoms with E-state index in [2.05, 4.69) is 20.8 Å². The number of carbonyl (C=O) groups excluding carboxylic acids is 1. The van der Waals surface area contributed by atoms with Gasteiger partial charge in [0, 0.05) is 4.75 Å². The molecule has 0 N–H and O–H groups in total. The van der Waals surface area contributed by atoms with Gasteiger partial charge in [0.25, 0.3) is 0 Å². The topological polar surface area (TPSA) is 17.1 Å². The molecule has 9 heavy (non-hydrogen) atoms. The lowest BCUT2D eigenvalue weighted by molar-refractivity contribution is 0.276. The molecule has 0 aliphatic heterocycles. The Morgan fingerprint density at radius 1 is 1.44 bits per heavy atom. The molecule has 0 heterocycles. The summed E-state index contributed by atoms with van der Waals surface area (Å²) in [7, 11) is 4.51. The Morgan fingerprint density at radius 3 is 2.00 bits per heavy atom.